The molecule has 10 rings (SSSR count). The van der Waals surface area contributed by atoms with Crippen LogP contribution in [0.4, 0.5) is 40.2 Å². The number of nitrogens with zero attached hydrogens (tertiary/aromatic N) is 10. The van der Waals surface area contributed by atoms with Gasteiger partial charge in [0.05, 0.1) is 105 Å². The molecule has 0 unspecified atom stereocenters. The molecule has 0 bridgehead atoms. The molecule has 0 radical (unpaired) electrons. The summed E-state index contributed by atoms with van der Waals surface area (Å²) < 4.78 is 49.8. The smallest absolute Gasteiger partial charge is 0.290 e. The molecule has 0 spiro atoms. The molecule has 0 atom stereocenters. The maximum atomic E-state index is 12.9. The van der Waals surface area contributed by atoms with Gasteiger partial charge in [-0.3, -0.25) is 24.5 Å². The predicted molar refractivity (Wildman–Crippen MR) is 259 cm³/mol. The Kier molecular flexibility index (Phi) is 13.3. The maximum Gasteiger partial charge on any atom is 0.290 e. The van der Waals surface area contributed by atoms with Crippen LogP contribution in [0, 0.1) is 13.1 Å². The molecule has 2 amide bonds. The van der Waals surface area contributed by atoms with E-state index in [1.807, 2.05) is 12.1 Å². The van der Waals surface area contributed by atoms with Crippen LogP contribution in [-0.2, 0) is 39.2 Å². The number of anilines is 5. The molecule has 2 fully saturated rings. The summed E-state index contributed by atoms with van der Waals surface area (Å²) in [7, 11) is -3.56. The Morgan fingerprint density at radius 3 is 1.59 bits per heavy atom. The number of carbonyl (C=O) groups is 2. The summed E-state index contributed by atoms with van der Waals surface area (Å²) in [4.78, 5) is 59.7. The SMILES string of the molecule is CN1Cc2nc(Cl)cc(Nc3ccc(C4CC4)cc3S(C)(=O)=O)c2C1=O.[C-]#[N+]c1cncc(Cc2cc(Nc3ccc(C4CC4)cc3S(C)(=O)=O)c3c(n2)CN(C)C3=O)n1.[C-]#[N+]c1cncc(N)n1. The highest BCUT2D eigenvalue weighted by Crippen LogP contribution is 2.44. The first kappa shape index (κ1) is 47.9. The van der Waals surface area contributed by atoms with Gasteiger partial charge in [0.1, 0.15) is 5.15 Å². The van der Waals surface area contributed by atoms with E-state index >= 15 is 0 Å². The van der Waals surface area contributed by atoms with E-state index in [4.69, 9.17) is 30.5 Å². The maximum absolute atomic E-state index is 12.9. The van der Waals surface area contributed by atoms with Crippen molar-refractivity contribution in [3.05, 3.63) is 146 Å². The molecule has 352 valence electrons. The van der Waals surface area contributed by atoms with Crippen molar-refractivity contribution >= 4 is 83.3 Å². The van der Waals surface area contributed by atoms with E-state index in [0.29, 0.717) is 88.0 Å². The third-order valence-corrected chi connectivity index (χ3v) is 13.9. The number of pyridine rings is 2. The molecule has 2 aliphatic heterocycles. The number of hydrogen-bond donors (Lipinski definition) is 3. The second-order valence-corrected chi connectivity index (χ2v) is 21.4. The van der Waals surface area contributed by atoms with Gasteiger partial charge >= 0.3 is 0 Å². The molecular formula is C47H44ClN13O6S2. The van der Waals surface area contributed by atoms with Crippen LogP contribution in [0.2, 0.25) is 5.15 Å². The first-order chi connectivity index (χ1) is 32.8. The van der Waals surface area contributed by atoms with Crippen molar-refractivity contribution in [3.63, 3.8) is 0 Å². The molecule has 4 aliphatic rings. The van der Waals surface area contributed by atoms with Gasteiger partial charge in [0.2, 0.25) is 5.82 Å². The van der Waals surface area contributed by atoms with E-state index in [1.165, 1.54) is 31.1 Å². The van der Waals surface area contributed by atoms with Gasteiger partial charge in [-0.25, -0.2) is 21.8 Å². The fourth-order valence-electron chi connectivity index (χ4n) is 7.86. The molecular weight excluding hydrogens is 942 g/mol. The normalized spacial score (nSPS) is 14.9. The number of sulfone groups is 2. The molecule has 2 saturated carbocycles. The summed E-state index contributed by atoms with van der Waals surface area (Å²) in [5, 5.41) is 6.58. The van der Waals surface area contributed by atoms with E-state index in [2.05, 4.69) is 50.2 Å². The van der Waals surface area contributed by atoms with Gasteiger partial charge in [0.25, 0.3) is 23.5 Å². The number of benzene rings is 2. The van der Waals surface area contributed by atoms with Crippen LogP contribution in [-0.4, -0.2) is 95.0 Å². The molecule has 19 nitrogen and oxygen atoms in total. The largest absolute Gasteiger partial charge is 0.363 e. The lowest BCUT2D eigenvalue weighted by atomic mass is 10.1. The molecule has 22 heteroatoms. The zero-order chi connectivity index (χ0) is 49.4. The number of rotatable bonds is 10. The van der Waals surface area contributed by atoms with Crippen LogP contribution in [0.1, 0.15) is 92.1 Å². The minimum absolute atomic E-state index is 0.165. The topological polar surface area (TPSA) is 245 Å². The monoisotopic (exact) mass is 985 g/mol. The summed E-state index contributed by atoms with van der Waals surface area (Å²) in [6.45, 7) is 14.4. The Labute approximate surface area is 403 Å². The fraction of sp³-hybridized carbons (Fsp3) is 0.277. The quantitative estimate of drug-likeness (QED) is 0.0885. The molecule has 4 aromatic heterocycles. The molecule has 6 heterocycles. The summed E-state index contributed by atoms with van der Waals surface area (Å²) in [5.41, 5.74) is 12.4. The van der Waals surface area contributed by atoms with Gasteiger partial charge in [0, 0.05) is 26.6 Å². The van der Waals surface area contributed by atoms with Gasteiger partial charge in [-0.1, -0.05) is 41.9 Å². The lowest BCUT2D eigenvalue weighted by Crippen LogP contribution is -2.18. The van der Waals surface area contributed by atoms with E-state index in [-0.39, 0.29) is 44.2 Å². The van der Waals surface area contributed by atoms with Crippen molar-refractivity contribution in [1.82, 2.24) is 39.7 Å². The van der Waals surface area contributed by atoms with Crippen LogP contribution in [0.15, 0.2) is 83.1 Å². The number of hydrogen-bond acceptors (Lipinski definition) is 15. The van der Waals surface area contributed by atoms with Crippen molar-refractivity contribution < 1.29 is 26.4 Å². The third-order valence-electron chi connectivity index (χ3n) is 11.5. The molecule has 6 aromatic rings. The predicted octanol–water partition coefficient (Wildman–Crippen LogP) is 7.58. The summed E-state index contributed by atoms with van der Waals surface area (Å²) >= 11 is 6.10. The van der Waals surface area contributed by atoms with Crippen molar-refractivity contribution in [2.24, 2.45) is 0 Å². The Bertz CT molecular complexity index is 3390. The standard InChI is InChI=1S/C24H22N6O3S.C18H18ClN3O3S.C5H4N4/c1-25-22-12-26-11-17(28-22)9-16-10-19(23-20(27-16)13-30(2)24(23)31)29-18-7-6-15(14-4-5-14)8-21(18)34(3,32)33;1-22-9-14-17(18(22)23)13(8-16(19)21-14)20-12-6-5-11(10-3-4-10)7-15(12)26(2,24)25;1-7-5-3-8-2-4(6)9-5/h6-8,10-12,14H,4-5,9,13H2,2-3H3,(H,27,29);5-8,10H,3-4,9H2,1-2H3,(H,20,21);2-3H,(H2,6,9). The van der Waals surface area contributed by atoms with Crippen LogP contribution in [0.3, 0.4) is 0 Å². The van der Waals surface area contributed by atoms with E-state index < -0.39 is 19.7 Å². The average Bonchev–Trinajstić information content (AvgIpc) is 4.24. The molecule has 2 aliphatic carbocycles. The first-order valence-corrected chi connectivity index (χ1v) is 25.5. The van der Waals surface area contributed by atoms with Crippen molar-refractivity contribution in [3.8, 4) is 0 Å². The first-order valence-electron chi connectivity index (χ1n) is 21.4. The van der Waals surface area contributed by atoms with Crippen LogP contribution in [0.25, 0.3) is 9.69 Å². The number of halogens is 1. The lowest BCUT2D eigenvalue weighted by Gasteiger charge is -2.16. The minimum Gasteiger partial charge on any atom is -0.363 e. The number of carbonyl (C=O) groups excluding carboxylic acids is 2. The van der Waals surface area contributed by atoms with Gasteiger partial charge in [-0.05, 0) is 85.0 Å². The zero-order valence-electron chi connectivity index (χ0n) is 37.7. The minimum atomic E-state index is -3.51. The highest BCUT2D eigenvalue weighted by molar-refractivity contribution is 7.91. The number of nitrogen functional groups attached to an aromatic ring is 1. The van der Waals surface area contributed by atoms with E-state index in [9.17, 15) is 26.4 Å². The number of aromatic nitrogens is 6. The average molecular weight is 987 g/mol. The van der Waals surface area contributed by atoms with Crippen LogP contribution < -0.4 is 16.4 Å². The Morgan fingerprint density at radius 1 is 0.652 bits per heavy atom. The van der Waals surface area contributed by atoms with Crippen LogP contribution in [0.5, 0.6) is 0 Å². The van der Waals surface area contributed by atoms with Gasteiger partial charge in [-0.15, -0.1) is 4.98 Å². The molecule has 0 saturated heterocycles. The molecule has 2 aromatic carbocycles. The Balaban J connectivity index is 0.000000161. The fourth-order valence-corrected chi connectivity index (χ4v) is 9.81. The number of amides is 2. The number of nitrogens with two attached hydrogens (primary N) is 1. The molecule has 4 N–H and O–H groups in total. The van der Waals surface area contributed by atoms with E-state index in [0.717, 1.165) is 36.8 Å². The number of nitrogens with one attached hydrogen (secondary N) is 2. The Morgan fingerprint density at radius 2 is 1.13 bits per heavy atom. The molecule has 69 heavy (non-hydrogen) atoms. The third kappa shape index (κ3) is 11.1. The van der Waals surface area contributed by atoms with E-state index in [1.54, 1.807) is 66.5 Å². The van der Waals surface area contributed by atoms with Gasteiger partial charge in [0.15, 0.2) is 25.4 Å². The highest BCUT2D eigenvalue weighted by Gasteiger charge is 2.33. The summed E-state index contributed by atoms with van der Waals surface area (Å²) in [6, 6.07) is 14.2. The van der Waals surface area contributed by atoms with Gasteiger partial charge in [-0.2, -0.15) is 0 Å². The van der Waals surface area contributed by atoms with Crippen molar-refractivity contribution in [2.45, 2.75) is 66.8 Å². The summed E-state index contributed by atoms with van der Waals surface area (Å²) in [5.74, 6) is 1.22. The summed E-state index contributed by atoms with van der Waals surface area (Å²) in [6.07, 6.45) is 12.7. The van der Waals surface area contributed by atoms with Crippen molar-refractivity contribution in [1.29, 1.82) is 0 Å². The second-order valence-electron chi connectivity index (χ2n) is 17.0. The highest BCUT2D eigenvalue weighted by atomic mass is 35.5. The van der Waals surface area contributed by atoms with Crippen molar-refractivity contribution in [2.75, 3.05) is 43.0 Å². The second kappa shape index (κ2) is 19.2. The zero-order valence-corrected chi connectivity index (χ0v) is 40.1. The van der Waals surface area contributed by atoms with Crippen LogP contribution >= 0.6 is 11.6 Å². The number of fused-ring (bicyclic) bond motifs is 2. The van der Waals surface area contributed by atoms with Gasteiger partial charge < -0.3 is 35.9 Å². The Hall–Kier alpha value is -7.59. The lowest BCUT2D eigenvalue weighted by molar-refractivity contribution is 0.0809.